The van der Waals surface area contributed by atoms with Crippen molar-refractivity contribution < 1.29 is 13.6 Å². The number of halogens is 2. The van der Waals surface area contributed by atoms with E-state index in [4.69, 9.17) is 32.2 Å². The zero-order chi connectivity index (χ0) is 17.6. The Kier molecular flexibility index (Phi) is 7.15. The SMILES string of the molecule is CCOP(=O)(OCC)C(Nc1ccccc1)c1ccc(Cl)cc1Cl. The van der Waals surface area contributed by atoms with Gasteiger partial charge in [0.05, 0.1) is 13.2 Å². The van der Waals surface area contributed by atoms with Gasteiger partial charge in [0.25, 0.3) is 0 Å². The molecule has 2 rings (SSSR count). The lowest BCUT2D eigenvalue weighted by atomic mass is 10.2. The maximum absolute atomic E-state index is 13.4. The molecule has 0 amide bonds. The van der Waals surface area contributed by atoms with E-state index in [2.05, 4.69) is 5.32 Å². The van der Waals surface area contributed by atoms with Gasteiger partial charge in [-0.2, -0.15) is 0 Å². The first-order valence-corrected chi connectivity index (χ1v) is 10.0. The highest BCUT2D eigenvalue weighted by molar-refractivity contribution is 7.54. The molecule has 0 aromatic heterocycles. The molecule has 0 spiro atoms. The molecule has 0 heterocycles. The summed E-state index contributed by atoms with van der Waals surface area (Å²) in [5.74, 6) is -0.746. The van der Waals surface area contributed by atoms with Crippen molar-refractivity contribution in [1.29, 1.82) is 0 Å². The van der Waals surface area contributed by atoms with Crippen LogP contribution in [0.5, 0.6) is 0 Å². The highest BCUT2D eigenvalue weighted by atomic mass is 35.5. The fourth-order valence-corrected chi connectivity index (χ4v) is 4.85. The molecular weight excluding hydrogens is 368 g/mol. The average molecular weight is 388 g/mol. The van der Waals surface area contributed by atoms with Gasteiger partial charge in [-0.1, -0.05) is 47.5 Å². The Morgan fingerprint density at radius 2 is 1.67 bits per heavy atom. The summed E-state index contributed by atoms with van der Waals surface area (Å²) in [4.78, 5) is 0. The molecule has 7 heteroatoms. The van der Waals surface area contributed by atoms with Crippen LogP contribution in [0.25, 0.3) is 0 Å². The zero-order valence-corrected chi connectivity index (χ0v) is 15.9. The van der Waals surface area contributed by atoms with Gasteiger partial charge in [-0.15, -0.1) is 0 Å². The summed E-state index contributed by atoms with van der Waals surface area (Å²) in [6.07, 6.45) is 0. The Morgan fingerprint density at radius 3 is 2.21 bits per heavy atom. The topological polar surface area (TPSA) is 47.6 Å². The standard InChI is InChI=1S/C17H20Cl2NO3P/c1-3-22-24(21,23-4-2)17(20-14-8-6-5-7-9-14)15-11-10-13(18)12-16(15)19/h5-12,17,20H,3-4H2,1-2H3. The van der Waals surface area contributed by atoms with E-state index >= 15 is 0 Å². The molecule has 2 aromatic rings. The molecule has 0 aliphatic carbocycles. The first kappa shape index (κ1) is 19.3. The minimum atomic E-state index is -3.50. The van der Waals surface area contributed by atoms with Crippen molar-refractivity contribution in [2.24, 2.45) is 0 Å². The van der Waals surface area contributed by atoms with E-state index in [0.717, 1.165) is 5.69 Å². The molecular formula is C17H20Cl2NO3P. The van der Waals surface area contributed by atoms with E-state index in [1.807, 2.05) is 30.3 Å². The minimum absolute atomic E-state index is 0.259. The van der Waals surface area contributed by atoms with Crippen LogP contribution < -0.4 is 5.32 Å². The van der Waals surface area contributed by atoms with E-state index in [1.54, 1.807) is 32.0 Å². The second kappa shape index (κ2) is 8.89. The van der Waals surface area contributed by atoms with Crippen molar-refractivity contribution in [3.63, 3.8) is 0 Å². The Balaban J connectivity index is 2.49. The van der Waals surface area contributed by atoms with Crippen LogP contribution in [0.4, 0.5) is 5.69 Å². The van der Waals surface area contributed by atoms with E-state index in [-0.39, 0.29) is 13.2 Å². The molecule has 0 aliphatic heterocycles. The number of rotatable bonds is 8. The number of anilines is 1. The third kappa shape index (κ3) is 4.75. The van der Waals surface area contributed by atoms with Crippen LogP contribution in [0.3, 0.4) is 0 Å². The molecule has 0 fully saturated rings. The van der Waals surface area contributed by atoms with Gasteiger partial charge >= 0.3 is 7.60 Å². The van der Waals surface area contributed by atoms with Crippen LogP contribution in [-0.2, 0) is 13.6 Å². The fraction of sp³-hybridized carbons (Fsp3) is 0.294. The Morgan fingerprint density at radius 1 is 1.04 bits per heavy atom. The number of benzene rings is 2. The zero-order valence-electron chi connectivity index (χ0n) is 13.5. The van der Waals surface area contributed by atoms with Crippen molar-refractivity contribution in [3.8, 4) is 0 Å². The van der Waals surface area contributed by atoms with Gasteiger partial charge in [0.1, 0.15) is 0 Å². The predicted molar refractivity (Wildman–Crippen MR) is 100 cm³/mol. The van der Waals surface area contributed by atoms with Crippen molar-refractivity contribution in [3.05, 3.63) is 64.1 Å². The van der Waals surface area contributed by atoms with Crippen LogP contribution in [0.15, 0.2) is 48.5 Å². The summed E-state index contributed by atoms with van der Waals surface area (Å²) >= 11 is 12.3. The lowest BCUT2D eigenvalue weighted by Crippen LogP contribution is -2.15. The largest absolute Gasteiger partial charge is 0.368 e. The van der Waals surface area contributed by atoms with Gasteiger partial charge in [-0.05, 0) is 38.1 Å². The smallest absolute Gasteiger partial charge is 0.357 e. The molecule has 2 aromatic carbocycles. The second-order valence-corrected chi connectivity index (χ2v) is 7.91. The molecule has 1 N–H and O–H groups in total. The maximum atomic E-state index is 13.4. The molecule has 24 heavy (non-hydrogen) atoms. The van der Waals surface area contributed by atoms with Gasteiger partial charge in [0.2, 0.25) is 0 Å². The van der Waals surface area contributed by atoms with Gasteiger partial charge < -0.3 is 14.4 Å². The number of hydrogen-bond acceptors (Lipinski definition) is 4. The quantitative estimate of drug-likeness (QED) is 0.534. The normalized spacial score (nSPS) is 12.8. The Labute approximate surface area is 152 Å². The van der Waals surface area contributed by atoms with Crippen LogP contribution in [0.1, 0.15) is 25.2 Å². The predicted octanol–water partition coefficient (Wildman–Crippen LogP) is 6.37. The molecule has 1 atom stereocenters. The van der Waals surface area contributed by atoms with Crippen molar-refractivity contribution in [2.45, 2.75) is 19.6 Å². The monoisotopic (exact) mass is 387 g/mol. The lowest BCUT2D eigenvalue weighted by molar-refractivity contribution is 0.214. The third-order valence-electron chi connectivity index (χ3n) is 3.27. The maximum Gasteiger partial charge on any atom is 0.357 e. The van der Waals surface area contributed by atoms with Gasteiger partial charge in [0.15, 0.2) is 5.78 Å². The number of para-hydroxylation sites is 1. The molecule has 4 nitrogen and oxygen atoms in total. The summed E-state index contributed by atoms with van der Waals surface area (Å²) < 4.78 is 24.4. The summed E-state index contributed by atoms with van der Waals surface area (Å²) in [7, 11) is -3.50. The first-order valence-electron chi connectivity index (χ1n) is 7.65. The van der Waals surface area contributed by atoms with Crippen LogP contribution >= 0.6 is 30.8 Å². The Hall–Kier alpha value is -1.03. The summed E-state index contributed by atoms with van der Waals surface area (Å²) in [6, 6.07) is 14.5. The van der Waals surface area contributed by atoms with E-state index in [1.165, 1.54) is 0 Å². The molecule has 130 valence electrons. The summed E-state index contributed by atoms with van der Waals surface area (Å²) in [6.45, 7) is 4.06. The first-order chi connectivity index (χ1) is 11.5. The van der Waals surface area contributed by atoms with Crippen molar-refractivity contribution in [1.82, 2.24) is 0 Å². The van der Waals surface area contributed by atoms with Crippen molar-refractivity contribution in [2.75, 3.05) is 18.5 Å². The van der Waals surface area contributed by atoms with E-state index < -0.39 is 13.4 Å². The molecule has 0 aliphatic rings. The van der Waals surface area contributed by atoms with Crippen LogP contribution in [0, 0.1) is 0 Å². The van der Waals surface area contributed by atoms with E-state index in [9.17, 15) is 4.57 Å². The second-order valence-electron chi connectivity index (χ2n) is 4.95. The summed E-state index contributed by atoms with van der Waals surface area (Å²) in [5.41, 5.74) is 1.39. The van der Waals surface area contributed by atoms with E-state index in [0.29, 0.717) is 15.6 Å². The van der Waals surface area contributed by atoms with Crippen molar-refractivity contribution >= 4 is 36.5 Å². The third-order valence-corrected chi connectivity index (χ3v) is 6.11. The van der Waals surface area contributed by atoms with Gasteiger partial charge in [-0.3, -0.25) is 4.57 Å². The number of hydrogen-bond donors (Lipinski definition) is 1. The molecule has 0 radical (unpaired) electrons. The van der Waals surface area contributed by atoms with Crippen LogP contribution in [0.2, 0.25) is 10.0 Å². The fourth-order valence-electron chi connectivity index (χ4n) is 2.29. The highest BCUT2D eigenvalue weighted by Gasteiger charge is 2.38. The minimum Gasteiger partial charge on any atom is -0.368 e. The molecule has 0 saturated carbocycles. The Bertz CT molecular complexity index is 702. The summed E-state index contributed by atoms with van der Waals surface area (Å²) in [5, 5.41) is 4.13. The molecule has 0 bridgehead atoms. The molecule has 0 saturated heterocycles. The van der Waals surface area contributed by atoms with Gasteiger partial charge in [-0.25, -0.2) is 0 Å². The lowest BCUT2D eigenvalue weighted by Gasteiger charge is -2.28. The highest BCUT2D eigenvalue weighted by Crippen LogP contribution is 2.61. The molecule has 1 unspecified atom stereocenters. The average Bonchev–Trinajstić information content (AvgIpc) is 2.55. The van der Waals surface area contributed by atoms with Gasteiger partial charge in [0, 0.05) is 21.3 Å². The number of nitrogens with one attached hydrogen (secondary N) is 1. The van der Waals surface area contributed by atoms with Crippen LogP contribution in [-0.4, -0.2) is 13.2 Å².